The van der Waals surface area contributed by atoms with Gasteiger partial charge in [0.25, 0.3) is 0 Å². The van der Waals surface area contributed by atoms with Crippen LogP contribution in [0, 0.1) is 0 Å². The van der Waals surface area contributed by atoms with Gasteiger partial charge in [-0.2, -0.15) is 4.98 Å². The van der Waals surface area contributed by atoms with Crippen molar-refractivity contribution in [2.24, 2.45) is 0 Å². The highest BCUT2D eigenvalue weighted by atomic mass is 16.5. The second-order valence-electron chi connectivity index (χ2n) is 8.08. The molecule has 1 aromatic heterocycles. The van der Waals surface area contributed by atoms with Gasteiger partial charge in [0, 0.05) is 51.1 Å². The van der Waals surface area contributed by atoms with Crippen LogP contribution < -0.4 is 9.47 Å². The molecule has 0 radical (unpaired) electrons. The number of amides is 1. The van der Waals surface area contributed by atoms with Gasteiger partial charge in [-0.1, -0.05) is 47.6 Å². The average Bonchev–Trinajstić information content (AvgIpc) is 3.37. The van der Waals surface area contributed by atoms with Gasteiger partial charge in [0.15, 0.2) is 11.5 Å². The maximum Gasteiger partial charge on any atom is 0.227 e. The molecule has 8 heteroatoms. The van der Waals surface area contributed by atoms with E-state index in [0.717, 1.165) is 38.3 Å². The Kier molecular flexibility index (Phi) is 7.93. The number of carbonyl (C=O) groups is 1. The van der Waals surface area contributed by atoms with E-state index >= 15 is 0 Å². The van der Waals surface area contributed by atoms with Crippen molar-refractivity contribution in [2.75, 3.05) is 46.9 Å². The molecule has 0 unspecified atom stereocenters. The second kappa shape index (κ2) is 11.5. The number of aromatic nitrogens is 2. The van der Waals surface area contributed by atoms with Gasteiger partial charge < -0.3 is 18.9 Å². The zero-order valence-corrected chi connectivity index (χ0v) is 19.6. The van der Waals surface area contributed by atoms with E-state index in [9.17, 15) is 4.79 Å². The Balaban J connectivity index is 1.23. The first-order chi connectivity index (χ1) is 16.7. The van der Waals surface area contributed by atoms with Gasteiger partial charge in [0.1, 0.15) is 0 Å². The Morgan fingerprint density at radius 1 is 1.03 bits per heavy atom. The topological polar surface area (TPSA) is 80.9 Å². The van der Waals surface area contributed by atoms with Gasteiger partial charge in [0.2, 0.25) is 17.6 Å². The summed E-state index contributed by atoms with van der Waals surface area (Å²) in [6, 6.07) is 15.7. The van der Waals surface area contributed by atoms with E-state index in [-0.39, 0.29) is 5.91 Å². The Morgan fingerprint density at radius 3 is 2.53 bits per heavy atom. The van der Waals surface area contributed by atoms with E-state index in [1.807, 2.05) is 29.2 Å². The predicted octanol–water partition coefficient (Wildman–Crippen LogP) is 3.54. The molecule has 1 aliphatic heterocycles. The number of hydrogen-bond donors (Lipinski definition) is 0. The standard InChI is InChI=1S/C26H30N4O4/c1-32-22-11-10-21(19-23(22)33-2)26-27-24(34-28-26)12-13-25(31)30-17-15-29(16-18-30)14-6-9-20-7-4-3-5-8-20/h3-11,19H,12-18H2,1-2H3/b9-6+. The van der Waals surface area contributed by atoms with Crippen molar-refractivity contribution < 1.29 is 18.8 Å². The molecular weight excluding hydrogens is 432 g/mol. The minimum atomic E-state index is 0.116. The quantitative estimate of drug-likeness (QED) is 0.481. The van der Waals surface area contributed by atoms with Crippen LogP contribution in [0.25, 0.3) is 17.5 Å². The summed E-state index contributed by atoms with van der Waals surface area (Å²) < 4.78 is 16.0. The first-order valence-electron chi connectivity index (χ1n) is 11.4. The van der Waals surface area contributed by atoms with Gasteiger partial charge in [-0.05, 0) is 23.8 Å². The van der Waals surface area contributed by atoms with Crippen LogP contribution >= 0.6 is 0 Å². The molecular formula is C26H30N4O4. The van der Waals surface area contributed by atoms with E-state index in [0.29, 0.717) is 36.1 Å². The minimum Gasteiger partial charge on any atom is -0.493 e. The van der Waals surface area contributed by atoms with Crippen molar-refractivity contribution in [1.82, 2.24) is 19.9 Å². The number of nitrogens with zero attached hydrogens (tertiary/aromatic N) is 4. The number of hydrogen-bond acceptors (Lipinski definition) is 7. The molecule has 0 aliphatic carbocycles. The van der Waals surface area contributed by atoms with Gasteiger partial charge in [-0.15, -0.1) is 0 Å². The fraction of sp³-hybridized carbons (Fsp3) is 0.346. The first-order valence-corrected chi connectivity index (χ1v) is 11.4. The Labute approximate surface area is 199 Å². The molecule has 1 saturated heterocycles. The van der Waals surface area contributed by atoms with E-state index < -0.39 is 0 Å². The molecule has 0 bridgehead atoms. The summed E-state index contributed by atoms with van der Waals surface area (Å²) in [6.45, 7) is 4.10. The third-order valence-corrected chi connectivity index (χ3v) is 5.86. The van der Waals surface area contributed by atoms with Crippen molar-refractivity contribution in [2.45, 2.75) is 12.8 Å². The maximum absolute atomic E-state index is 12.7. The lowest BCUT2D eigenvalue weighted by atomic mass is 10.2. The van der Waals surface area contributed by atoms with Crippen molar-refractivity contribution in [3.05, 3.63) is 66.1 Å². The van der Waals surface area contributed by atoms with E-state index in [1.165, 1.54) is 5.56 Å². The lowest BCUT2D eigenvalue weighted by Gasteiger charge is -2.34. The van der Waals surface area contributed by atoms with Crippen molar-refractivity contribution in [3.63, 3.8) is 0 Å². The molecule has 0 saturated carbocycles. The summed E-state index contributed by atoms with van der Waals surface area (Å²) in [5.74, 6) is 2.25. The van der Waals surface area contributed by atoms with Crippen LogP contribution in [-0.2, 0) is 11.2 Å². The third-order valence-electron chi connectivity index (χ3n) is 5.86. The summed E-state index contributed by atoms with van der Waals surface area (Å²) in [4.78, 5) is 21.4. The van der Waals surface area contributed by atoms with E-state index in [4.69, 9.17) is 14.0 Å². The number of methoxy groups -OCH3 is 2. The van der Waals surface area contributed by atoms with Crippen molar-refractivity contribution in [1.29, 1.82) is 0 Å². The molecule has 1 aliphatic rings. The minimum absolute atomic E-state index is 0.116. The molecule has 0 atom stereocenters. The molecule has 8 nitrogen and oxygen atoms in total. The Bertz CT molecular complexity index is 1100. The Morgan fingerprint density at radius 2 is 1.79 bits per heavy atom. The number of carbonyl (C=O) groups excluding carboxylic acids is 1. The Hall–Kier alpha value is -3.65. The average molecular weight is 463 g/mol. The molecule has 3 aromatic rings. The van der Waals surface area contributed by atoms with E-state index in [2.05, 4.69) is 39.3 Å². The molecule has 1 fully saturated rings. The fourth-order valence-electron chi connectivity index (χ4n) is 3.90. The third kappa shape index (κ3) is 6.02. The second-order valence-corrected chi connectivity index (χ2v) is 8.08. The number of piperazine rings is 1. The van der Waals surface area contributed by atoms with Crippen LogP contribution in [0.5, 0.6) is 11.5 Å². The van der Waals surface area contributed by atoms with Crippen molar-refractivity contribution in [3.8, 4) is 22.9 Å². The van der Waals surface area contributed by atoms with Crippen LogP contribution in [0.1, 0.15) is 17.9 Å². The van der Waals surface area contributed by atoms with Crippen LogP contribution in [0.15, 0.2) is 59.1 Å². The highest BCUT2D eigenvalue weighted by molar-refractivity contribution is 5.76. The largest absolute Gasteiger partial charge is 0.493 e. The molecule has 2 heterocycles. The molecule has 34 heavy (non-hydrogen) atoms. The summed E-state index contributed by atoms with van der Waals surface area (Å²) in [5.41, 5.74) is 1.96. The van der Waals surface area contributed by atoms with Gasteiger partial charge in [-0.25, -0.2) is 0 Å². The smallest absolute Gasteiger partial charge is 0.227 e. The highest BCUT2D eigenvalue weighted by Crippen LogP contribution is 2.31. The van der Waals surface area contributed by atoms with Gasteiger partial charge >= 0.3 is 0 Å². The summed E-state index contributed by atoms with van der Waals surface area (Å²) in [6.07, 6.45) is 5.08. The molecule has 0 N–H and O–H groups in total. The van der Waals surface area contributed by atoms with Crippen LogP contribution in [0.2, 0.25) is 0 Å². The monoisotopic (exact) mass is 462 g/mol. The summed E-state index contributed by atoms with van der Waals surface area (Å²) >= 11 is 0. The molecule has 1 amide bonds. The lowest BCUT2D eigenvalue weighted by molar-refractivity contribution is -0.132. The van der Waals surface area contributed by atoms with Crippen LogP contribution in [-0.4, -0.2) is 72.8 Å². The number of rotatable bonds is 9. The van der Waals surface area contributed by atoms with Crippen molar-refractivity contribution >= 4 is 12.0 Å². The lowest BCUT2D eigenvalue weighted by Crippen LogP contribution is -2.48. The summed E-state index contributed by atoms with van der Waals surface area (Å²) in [5, 5.41) is 4.05. The fourth-order valence-corrected chi connectivity index (χ4v) is 3.90. The maximum atomic E-state index is 12.7. The number of aryl methyl sites for hydroxylation is 1. The van der Waals surface area contributed by atoms with E-state index in [1.54, 1.807) is 26.4 Å². The normalized spacial score (nSPS) is 14.5. The van der Waals surface area contributed by atoms with Crippen LogP contribution in [0.3, 0.4) is 0 Å². The molecule has 178 valence electrons. The van der Waals surface area contributed by atoms with Gasteiger partial charge in [-0.3, -0.25) is 9.69 Å². The zero-order valence-electron chi connectivity index (χ0n) is 19.6. The first kappa shape index (κ1) is 23.5. The highest BCUT2D eigenvalue weighted by Gasteiger charge is 2.21. The SMILES string of the molecule is COc1ccc(-c2noc(CCC(=O)N3CCN(C/C=C/c4ccccc4)CC3)n2)cc1OC. The molecule has 0 spiro atoms. The zero-order chi connectivity index (χ0) is 23.8. The summed E-state index contributed by atoms with van der Waals surface area (Å²) in [7, 11) is 3.17. The predicted molar refractivity (Wildman–Crippen MR) is 130 cm³/mol. The van der Waals surface area contributed by atoms with Crippen LogP contribution in [0.4, 0.5) is 0 Å². The van der Waals surface area contributed by atoms with Gasteiger partial charge in [0.05, 0.1) is 14.2 Å². The number of benzene rings is 2. The molecule has 4 rings (SSSR count). The molecule has 2 aromatic carbocycles. The number of ether oxygens (including phenoxy) is 2.